The van der Waals surface area contributed by atoms with Crippen molar-refractivity contribution < 1.29 is 23.4 Å². The normalized spacial score (nSPS) is 18.3. The molecule has 1 aromatic heterocycles. The molecule has 0 spiro atoms. The van der Waals surface area contributed by atoms with E-state index in [-0.39, 0.29) is 41.7 Å². The van der Waals surface area contributed by atoms with Crippen molar-refractivity contribution in [3.8, 4) is 11.9 Å². The SMILES string of the molecule is CC[C@@H]1CN(Cc2cc(C(CC(=O)OC)c3ccc(C#N)cc3C)ccc2C)S(O)(O)c2cccnc2O1. The van der Waals surface area contributed by atoms with Gasteiger partial charge in [0.05, 0.1) is 31.7 Å². The van der Waals surface area contributed by atoms with Gasteiger partial charge in [0.1, 0.15) is 11.0 Å². The van der Waals surface area contributed by atoms with E-state index in [1.54, 1.807) is 28.7 Å². The molecular weight excluding hydrogens is 502 g/mol. The molecule has 0 aliphatic carbocycles. The summed E-state index contributed by atoms with van der Waals surface area (Å²) in [7, 11) is -1.99. The Bertz CT molecular complexity index is 1370. The van der Waals surface area contributed by atoms with E-state index in [4.69, 9.17) is 9.47 Å². The summed E-state index contributed by atoms with van der Waals surface area (Å²) < 4.78 is 35.5. The van der Waals surface area contributed by atoms with Gasteiger partial charge in [-0.1, -0.05) is 31.2 Å². The summed E-state index contributed by atoms with van der Waals surface area (Å²) in [5.74, 6) is -0.382. The molecule has 1 unspecified atom stereocenters. The fourth-order valence-electron chi connectivity index (χ4n) is 4.77. The topological polar surface area (TPSA) is 116 Å². The second kappa shape index (κ2) is 11.5. The molecule has 2 N–H and O–H groups in total. The monoisotopic (exact) mass is 535 g/mol. The highest BCUT2D eigenvalue weighted by Gasteiger charge is 2.35. The summed E-state index contributed by atoms with van der Waals surface area (Å²) in [6.45, 7) is 6.49. The third kappa shape index (κ3) is 5.69. The molecule has 0 bridgehead atoms. The Labute approximate surface area is 225 Å². The van der Waals surface area contributed by atoms with Crippen LogP contribution in [0.1, 0.15) is 59.1 Å². The molecule has 8 nitrogen and oxygen atoms in total. The lowest BCUT2D eigenvalue weighted by molar-refractivity contribution is -0.140. The zero-order chi connectivity index (χ0) is 27.4. The van der Waals surface area contributed by atoms with Gasteiger partial charge < -0.3 is 9.47 Å². The molecule has 0 radical (unpaired) electrons. The van der Waals surface area contributed by atoms with Crippen LogP contribution in [0.3, 0.4) is 0 Å². The molecule has 1 aliphatic heterocycles. The van der Waals surface area contributed by atoms with Crippen molar-refractivity contribution in [1.82, 2.24) is 9.29 Å². The smallest absolute Gasteiger partial charge is 0.306 e. The van der Waals surface area contributed by atoms with Gasteiger partial charge in [-0.25, -0.2) is 4.98 Å². The van der Waals surface area contributed by atoms with Crippen molar-refractivity contribution in [2.45, 2.75) is 57.1 Å². The van der Waals surface area contributed by atoms with Crippen LogP contribution < -0.4 is 4.74 Å². The highest BCUT2D eigenvalue weighted by Crippen LogP contribution is 2.57. The first-order valence-corrected chi connectivity index (χ1v) is 14.0. The standard InChI is InChI=1S/C29H33N3O5S/c1-5-24-18-32(38(34,35)27-7-6-12-31-29(27)37-24)17-23-14-22(10-8-19(23)2)26(15-28(33)36-4)25-11-9-21(16-30)13-20(25)3/h6-14,24,26,34-35H,5,15,17-18H2,1-4H3/t24-,26?/m1/s1. The number of fused-ring (bicyclic) bond motifs is 1. The maximum absolute atomic E-state index is 12.4. The molecule has 1 aliphatic rings. The second-order valence-electron chi connectivity index (χ2n) is 9.50. The van der Waals surface area contributed by atoms with Crippen LogP contribution in [0, 0.1) is 25.2 Å². The Morgan fingerprint density at radius 3 is 2.71 bits per heavy atom. The number of ether oxygens (including phenoxy) is 2. The molecule has 200 valence electrons. The molecule has 2 atom stereocenters. The second-order valence-corrected chi connectivity index (χ2v) is 11.5. The minimum Gasteiger partial charge on any atom is -0.472 e. The molecule has 9 heteroatoms. The maximum atomic E-state index is 12.4. The van der Waals surface area contributed by atoms with E-state index in [0.717, 1.165) is 27.8 Å². The predicted molar refractivity (Wildman–Crippen MR) is 146 cm³/mol. The van der Waals surface area contributed by atoms with Gasteiger partial charge in [-0.15, -0.1) is 10.8 Å². The van der Waals surface area contributed by atoms with Crippen molar-refractivity contribution in [2.75, 3.05) is 13.7 Å². The molecule has 38 heavy (non-hydrogen) atoms. The van der Waals surface area contributed by atoms with Crippen LogP contribution in [0.25, 0.3) is 0 Å². The minimum absolute atomic E-state index is 0.134. The van der Waals surface area contributed by atoms with Crippen molar-refractivity contribution in [2.24, 2.45) is 0 Å². The number of hydrogen-bond donors (Lipinski definition) is 2. The number of methoxy groups -OCH3 is 1. The number of aromatic nitrogens is 1. The summed E-state index contributed by atoms with van der Waals surface area (Å²) in [5, 5.41) is 9.29. The first-order chi connectivity index (χ1) is 18.2. The van der Waals surface area contributed by atoms with Crippen molar-refractivity contribution in [1.29, 1.82) is 5.26 Å². The molecule has 4 rings (SSSR count). The quantitative estimate of drug-likeness (QED) is 0.356. The Morgan fingerprint density at radius 1 is 1.24 bits per heavy atom. The summed E-state index contributed by atoms with van der Waals surface area (Å²) in [6.07, 6.45) is 2.14. The summed E-state index contributed by atoms with van der Waals surface area (Å²) in [5.41, 5.74) is 5.20. The fourth-order valence-corrected chi connectivity index (χ4v) is 6.33. The van der Waals surface area contributed by atoms with Crippen molar-refractivity contribution >= 4 is 16.7 Å². The number of nitrogens with zero attached hydrogens (tertiary/aromatic N) is 3. The van der Waals surface area contributed by atoms with Gasteiger partial charge in [0.25, 0.3) is 0 Å². The van der Waals surface area contributed by atoms with Crippen LogP contribution in [0.5, 0.6) is 5.88 Å². The van der Waals surface area contributed by atoms with Crippen LogP contribution in [0.15, 0.2) is 59.6 Å². The number of benzene rings is 2. The Balaban J connectivity index is 1.74. The zero-order valence-corrected chi connectivity index (χ0v) is 22.9. The number of hydrogen-bond acceptors (Lipinski definition) is 8. The number of rotatable bonds is 7. The third-order valence-electron chi connectivity index (χ3n) is 7.03. The van der Waals surface area contributed by atoms with Gasteiger partial charge in [-0.2, -0.15) is 9.57 Å². The number of pyridine rings is 1. The molecule has 0 saturated heterocycles. The number of carbonyl (C=O) groups is 1. The van der Waals surface area contributed by atoms with E-state index in [0.29, 0.717) is 18.5 Å². The lowest BCUT2D eigenvalue weighted by atomic mass is 9.84. The molecule has 0 amide bonds. The van der Waals surface area contributed by atoms with E-state index < -0.39 is 10.8 Å². The molecule has 0 saturated carbocycles. The van der Waals surface area contributed by atoms with E-state index in [9.17, 15) is 19.2 Å². The molecule has 3 aromatic rings. The molecule has 2 heterocycles. The Hall–Kier alpha value is -3.42. The Kier molecular flexibility index (Phi) is 8.38. The number of aryl methyl sites for hydroxylation is 2. The highest BCUT2D eigenvalue weighted by molar-refractivity contribution is 8.22. The van der Waals surface area contributed by atoms with Crippen molar-refractivity contribution in [3.05, 3.63) is 88.1 Å². The van der Waals surface area contributed by atoms with Gasteiger partial charge in [0.15, 0.2) is 0 Å². The molecular formula is C29H33N3O5S. The zero-order valence-electron chi connectivity index (χ0n) is 22.0. The number of nitriles is 1. The van der Waals surface area contributed by atoms with E-state index >= 15 is 0 Å². The molecule has 2 aromatic carbocycles. The van der Waals surface area contributed by atoms with Crippen LogP contribution in [0.2, 0.25) is 0 Å². The van der Waals surface area contributed by atoms with Crippen LogP contribution in [-0.2, 0) is 16.1 Å². The highest BCUT2D eigenvalue weighted by atomic mass is 32.3. The third-order valence-corrected chi connectivity index (χ3v) is 8.93. The van der Waals surface area contributed by atoms with Crippen LogP contribution in [-0.4, -0.2) is 44.1 Å². The van der Waals surface area contributed by atoms with Gasteiger partial charge in [0.2, 0.25) is 5.88 Å². The Morgan fingerprint density at radius 2 is 2.03 bits per heavy atom. The van der Waals surface area contributed by atoms with Gasteiger partial charge >= 0.3 is 5.97 Å². The van der Waals surface area contributed by atoms with Gasteiger partial charge in [-0.05, 0) is 72.4 Å². The van der Waals surface area contributed by atoms with Gasteiger partial charge in [0, 0.05) is 18.7 Å². The maximum Gasteiger partial charge on any atom is 0.306 e. The first-order valence-electron chi connectivity index (χ1n) is 12.5. The lowest BCUT2D eigenvalue weighted by Crippen LogP contribution is -2.34. The van der Waals surface area contributed by atoms with E-state index in [2.05, 4.69) is 11.1 Å². The fraction of sp³-hybridized carbons (Fsp3) is 0.345. The largest absolute Gasteiger partial charge is 0.472 e. The number of carbonyl (C=O) groups excluding carboxylic acids is 1. The van der Waals surface area contributed by atoms with Crippen molar-refractivity contribution in [3.63, 3.8) is 0 Å². The van der Waals surface area contributed by atoms with E-state index in [1.807, 2.05) is 51.1 Å². The average molecular weight is 536 g/mol. The first kappa shape index (κ1) is 27.6. The van der Waals surface area contributed by atoms with Crippen LogP contribution in [0.4, 0.5) is 0 Å². The molecule has 0 fully saturated rings. The average Bonchev–Trinajstić information content (AvgIpc) is 3.02. The van der Waals surface area contributed by atoms with Gasteiger partial charge in [-0.3, -0.25) is 13.9 Å². The predicted octanol–water partition coefficient (Wildman–Crippen LogP) is 5.96. The summed E-state index contributed by atoms with van der Waals surface area (Å²) in [4.78, 5) is 16.9. The summed E-state index contributed by atoms with van der Waals surface area (Å²) in [6, 6.07) is 16.9. The lowest BCUT2D eigenvalue weighted by Gasteiger charge is -2.41. The van der Waals surface area contributed by atoms with E-state index in [1.165, 1.54) is 7.11 Å². The number of esters is 1. The van der Waals surface area contributed by atoms with Crippen LogP contribution >= 0.6 is 10.8 Å². The summed E-state index contributed by atoms with van der Waals surface area (Å²) >= 11 is 0. The minimum atomic E-state index is -3.36.